The second-order valence-corrected chi connectivity index (χ2v) is 5.17. The Morgan fingerprint density at radius 2 is 1.85 bits per heavy atom. The first kappa shape index (κ1) is 22.2. The van der Waals surface area contributed by atoms with E-state index < -0.39 is 18.6 Å². The third kappa shape index (κ3) is 8.99. The van der Waals surface area contributed by atoms with E-state index in [4.69, 9.17) is 15.8 Å². The molecule has 0 saturated heterocycles. The first-order valence-corrected chi connectivity index (χ1v) is 6.56. The molecule has 0 aliphatic heterocycles. The number of nitrogens with two attached hydrogens (primary N) is 1. The fourth-order valence-electron chi connectivity index (χ4n) is 1.89. The molecule has 120 valence electrons. The molecular weight excluding hydrogens is 306 g/mol. The van der Waals surface area contributed by atoms with Crippen molar-refractivity contribution in [3.63, 3.8) is 0 Å². The smallest absolute Gasteiger partial charge is 0.451 e. The van der Waals surface area contributed by atoms with Crippen LogP contribution in [0.25, 0.3) is 0 Å². The summed E-state index contributed by atoms with van der Waals surface area (Å²) in [5.74, 6) is -0.982. The van der Waals surface area contributed by atoms with E-state index in [1.165, 1.54) is 12.8 Å². The third-order valence-electron chi connectivity index (χ3n) is 3.34. The summed E-state index contributed by atoms with van der Waals surface area (Å²) in [7, 11) is -1.32. The maximum absolute atomic E-state index is 11.2. The quantitative estimate of drug-likeness (QED) is 0.292. The molecule has 1 unspecified atom stereocenters. The molecule has 0 aromatic heterocycles. The number of rotatable bonds is 10. The van der Waals surface area contributed by atoms with Crippen LogP contribution in [0.4, 0.5) is 0 Å². The van der Waals surface area contributed by atoms with Gasteiger partial charge in [0.1, 0.15) is 5.54 Å². The van der Waals surface area contributed by atoms with Gasteiger partial charge in [0.2, 0.25) is 0 Å². The van der Waals surface area contributed by atoms with Crippen LogP contribution in [-0.4, -0.2) is 46.4 Å². The molecule has 1 rings (SSSR count). The third-order valence-corrected chi connectivity index (χ3v) is 3.34. The summed E-state index contributed by atoms with van der Waals surface area (Å²) in [4.78, 5) is 11.2. The Morgan fingerprint density at radius 3 is 2.30 bits per heavy atom. The van der Waals surface area contributed by atoms with Crippen molar-refractivity contribution in [3.8, 4) is 0 Å². The molecule has 0 aromatic carbocycles. The number of aliphatic carboxylic acids is 1. The highest BCUT2D eigenvalue weighted by molar-refractivity contribution is 6.40. The van der Waals surface area contributed by atoms with Crippen molar-refractivity contribution < 1.29 is 19.9 Å². The van der Waals surface area contributed by atoms with E-state index >= 15 is 0 Å². The van der Waals surface area contributed by atoms with Crippen molar-refractivity contribution in [1.29, 1.82) is 0 Å². The van der Waals surface area contributed by atoms with Crippen molar-refractivity contribution >= 4 is 37.9 Å². The molecule has 6 nitrogen and oxygen atoms in total. The number of unbranched alkanes of at least 4 members (excludes halogenated alkanes) is 1. The highest BCUT2D eigenvalue weighted by atomic mass is 35.5. The highest BCUT2D eigenvalue weighted by Crippen LogP contribution is 2.21. The van der Waals surface area contributed by atoms with E-state index in [0.717, 1.165) is 0 Å². The SMILES string of the molecule is Cl.Cl.NC(CCCCB(O)O)(CCNC1CC1)C(=O)O. The zero-order valence-corrected chi connectivity index (χ0v) is 13.1. The lowest BCUT2D eigenvalue weighted by atomic mass is 9.81. The summed E-state index contributed by atoms with van der Waals surface area (Å²) in [5.41, 5.74) is 4.69. The number of halogens is 2. The molecule has 20 heavy (non-hydrogen) atoms. The number of hydrogen-bond donors (Lipinski definition) is 5. The largest absolute Gasteiger partial charge is 0.480 e. The van der Waals surface area contributed by atoms with Gasteiger partial charge in [0.05, 0.1) is 0 Å². The molecule has 0 heterocycles. The molecule has 1 atom stereocenters. The summed E-state index contributed by atoms with van der Waals surface area (Å²) in [6.07, 6.45) is 4.51. The van der Waals surface area contributed by atoms with E-state index in [0.29, 0.717) is 38.3 Å². The van der Waals surface area contributed by atoms with Gasteiger partial charge in [-0.1, -0.05) is 12.8 Å². The summed E-state index contributed by atoms with van der Waals surface area (Å²) in [5, 5.41) is 29.8. The van der Waals surface area contributed by atoms with E-state index in [1.807, 2.05) is 0 Å². The van der Waals surface area contributed by atoms with Crippen molar-refractivity contribution in [2.24, 2.45) is 5.73 Å². The van der Waals surface area contributed by atoms with Crippen LogP contribution in [-0.2, 0) is 4.79 Å². The molecule has 1 saturated carbocycles. The fraction of sp³-hybridized carbons (Fsp3) is 0.909. The van der Waals surface area contributed by atoms with Gasteiger partial charge in [-0.15, -0.1) is 24.8 Å². The van der Waals surface area contributed by atoms with E-state index in [9.17, 15) is 9.90 Å². The Hall–Kier alpha value is -0.0451. The Labute approximate surface area is 132 Å². The lowest BCUT2D eigenvalue weighted by molar-refractivity contribution is -0.143. The van der Waals surface area contributed by atoms with Crippen molar-refractivity contribution in [1.82, 2.24) is 5.32 Å². The topological polar surface area (TPSA) is 116 Å². The van der Waals surface area contributed by atoms with Crippen LogP contribution in [0, 0.1) is 0 Å². The predicted octanol–water partition coefficient (Wildman–Crippen LogP) is 0.397. The Kier molecular flexibility index (Phi) is 11.8. The fourth-order valence-corrected chi connectivity index (χ4v) is 1.89. The standard InChI is InChI=1S/C11H23BN2O4.2ClH/c13-11(10(15)16,5-1-2-7-12(17)18)6-8-14-9-3-4-9;;/h9,14,17-18H,1-8,13H2,(H,15,16);2*1H. The number of nitrogens with one attached hydrogen (secondary N) is 1. The van der Waals surface area contributed by atoms with Crippen molar-refractivity contribution in [2.45, 2.75) is 56.4 Å². The van der Waals surface area contributed by atoms with Crippen molar-refractivity contribution in [2.75, 3.05) is 6.54 Å². The number of carboxylic acids is 1. The average Bonchev–Trinajstić information content (AvgIpc) is 3.08. The maximum atomic E-state index is 11.2. The van der Waals surface area contributed by atoms with Gasteiger partial charge in [-0.2, -0.15) is 0 Å². The van der Waals surface area contributed by atoms with Crippen LogP contribution < -0.4 is 11.1 Å². The lowest BCUT2D eigenvalue weighted by Gasteiger charge is -2.25. The van der Waals surface area contributed by atoms with Crippen LogP contribution in [0.15, 0.2) is 0 Å². The van der Waals surface area contributed by atoms with Gasteiger partial charge in [-0.3, -0.25) is 4.79 Å². The molecule has 0 bridgehead atoms. The Balaban J connectivity index is 0. The first-order valence-electron chi connectivity index (χ1n) is 6.56. The van der Waals surface area contributed by atoms with E-state index in [-0.39, 0.29) is 31.1 Å². The van der Waals surface area contributed by atoms with Crippen molar-refractivity contribution in [3.05, 3.63) is 0 Å². The minimum atomic E-state index is -1.32. The molecule has 0 spiro atoms. The molecule has 9 heteroatoms. The Morgan fingerprint density at radius 1 is 1.25 bits per heavy atom. The van der Waals surface area contributed by atoms with Crippen LogP contribution in [0.5, 0.6) is 0 Å². The zero-order valence-electron chi connectivity index (χ0n) is 11.5. The van der Waals surface area contributed by atoms with Crippen LogP contribution in [0.2, 0.25) is 6.32 Å². The molecule has 1 aliphatic rings. The number of hydrogen-bond acceptors (Lipinski definition) is 5. The normalized spacial score (nSPS) is 16.6. The Bertz CT molecular complexity index is 283. The second-order valence-electron chi connectivity index (χ2n) is 5.17. The summed E-state index contributed by atoms with van der Waals surface area (Å²) in [6.45, 7) is 0.621. The minimum Gasteiger partial charge on any atom is -0.480 e. The van der Waals surface area contributed by atoms with Gasteiger partial charge in [-0.05, 0) is 38.5 Å². The molecule has 6 N–H and O–H groups in total. The zero-order chi connectivity index (χ0) is 13.6. The van der Waals surface area contributed by atoms with Gasteiger partial charge in [0, 0.05) is 6.04 Å². The van der Waals surface area contributed by atoms with Crippen LogP contribution in [0.1, 0.15) is 38.5 Å². The lowest BCUT2D eigenvalue weighted by Crippen LogP contribution is -2.49. The van der Waals surface area contributed by atoms with Gasteiger partial charge in [-0.25, -0.2) is 0 Å². The van der Waals surface area contributed by atoms with E-state index in [1.54, 1.807) is 0 Å². The molecule has 1 aliphatic carbocycles. The molecule has 0 aromatic rings. The summed E-state index contributed by atoms with van der Waals surface area (Å²) < 4.78 is 0. The second kappa shape index (κ2) is 10.6. The minimum absolute atomic E-state index is 0. The van der Waals surface area contributed by atoms with Crippen LogP contribution >= 0.6 is 24.8 Å². The van der Waals surface area contributed by atoms with Gasteiger partial charge < -0.3 is 26.2 Å². The highest BCUT2D eigenvalue weighted by Gasteiger charge is 2.33. The van der Waals surface area contributed by atoms with E-state index in [2.05, 4.69) is 5.32 Å². The van der Waals surface area contributed by atoms with Gasteiger partial charge >= 0.3 is 13.1 Å². The molecule has 1 fully saturated rings. The average molecular weight is 331 g/mol. The summed E-state index contributed by atoms with van der Waals surface area (Å²) in [6, 6.07) is 0.549. The summed E-state index contributed by atoms with van der Waals surface area (Å²) >= 11 is 0. The maximum Gasteiger partial charge on any atom is 0.451 e. The number of carboxylic acid groups (broad SMARTS) is 1. The van der Waals surface area contributed by atoms with Gasteiger partial charge in [0.15, 0.2) is 0 Å². The molecular formula is C11H25BCl2N2O4. The monoisotopic (exact) mass is 330 g/mol. The van der Waals surface area contributed by atoms with Gasteiger partial charge in [0.25, 0.3) is 0 Å². The molecule has 0 amide bonds. The first-order chi connectivity index (χ1) is 8.44. The van der Waals surface area contributed by atoms with Crippen LogP contribution in [0.3, 0.4) is 0 Å². The number of carbonyl (C=O) groups is 1. The predicted molar refractivity (Wildman–Crippen MR) is 83.5 cm³/mol. The molecule has 0 radical (unpaired) electrons.